The first-order valence-electron chi connectivity index (χ1n) is 8.08. The molecule has 0 aromatic heterocycles. The summed E-state index contributed by atoms with van der Waals surface area (Å²) in [4.78, 5) is 44.9. The average molecular weight is 387 g/mol. The third kappa shape index (κ3) is 4.47. The number of hydrogen-bond acceptors (Lipinski definition) is 7. The Balaban J connectivity index is 2.08. The fourth-order valence-electron chi connectivity index (χ4n) is 2.49. The molecule has 10 heteroatoms. The molecule has 146 valence electrons. The summed E-state index contributed by atoms with van der Waals surface area (Å²) in [6, 6.07) is 6.53. The number of rotatable bonds is 6. The fraction of sp³-hybridized carbons (Fsp3) is 0.222. The summed E-state index contributed by atoms with van der Waals surface area (Å²) >= 11 is 0. The lowest BCUT2D eigenvalue weighted by Crippen LogP contribution is -2.22. The Morgan fingerprint density at radius 3 is 2.14 bits per heavy atom. The van der Waals surface area contributed by atoms with E-state index in [-0.39, 0.29) is 28.2 Å². The van der Waals surface area contributed by atoms with Crippen LogP contribution in [0.25, 0.3) is 0 Å². The molecule has 0 spiro atoms. The summed E-state index contributed by atoms with van der Waals surface area (Å²) in [6.07, 6.45) is 0. The molecule has 0 unspecified atom stereocenters. The number of carbonyl (C=O) groups is 2. The van der Waals surface area contributed by atoms with E-state index in [0.717, 1.165) is 5.56 Å². The van der Waals surface area contributed by atoms with Crippen LogP contribution in [-0.4, -0.2) is 28.3 Å². The molecule has 2 aromatic rings. The van der Waals surface area contributed by atoms with Crippen molar-refractivity contribution in [1.29, 1.82) is 0 Å². The minimum Gasteiger partial charge on any atom is -0.452 e. The number of nitro groups is 2. The number of benzene rings is 2. The van der Waals surface area contributed by atoms with Gasteiger partial charge < -0.3 is 10.1 Å². The van der Waals surface area contributed by atoms with Gasteiger partial charge in [-0.2, -0.15) is 0 Å². The summed E-state index contributed by atoms with van der Waals surface area (Å²) in [7, 11) is 0. The first-order chi connectivity index (χ1) is 13.1. The second-order valence-corrected chi connectivity index (χ2v) is 6.04. The molecule has 0 aliphatic carbocycles. The molecule has 0 bridgehead atoms. The molecule has 0 saturated heterocycles. The first kappa shape index (κ1) is 20.5. The van der Waals surface area contributed by atoms with Crippen LogP contribution in [0.2, 0.25) is 0 Å². The molecule has 0 fully saturated rings. The Kier molecular flexibility index (Phi) is 6.04. The molecule has 1 amide bonds. The van der Waals surface area contributed by atoms with Crippen LogP contribution < -0.4 is 5.32 Å². The monoisotopic (exact) mass is 387 g/mol. The molecule has 0 aliphatic rings. The van der Waals surface area contributed by atoms with Crippen LogP contribution >= 0.6 is 0 Å². The Morgan fingerprint density at radius 2 is 1.57 bits per heavy atom. The third-order valence-electron chi connectivity index (χ3n) is 4.14. The van der Waals surface area contributed by atoms with Gasteiger partial charge in [-0.15, -0.1) is 0 Å². The number of amides is 1. The Morgan fingerprint density at radius 1 is 0.964 bits per heavy atom. The highest BCUT2D eigenvalue weighted by Gasteiger charge is 2.21. The molecule has 0 heterocycles. The maximum Gasteiger partial charge on any atom is 0.338 e. The van der Waals surface area contributed by atoms with Crippen molar-refractivity contribution in [2.45, 2.75) is 20.8 Å². The maximum absolute atomic E-state index is 12.1. The second kappa shape index (κ2) is 8.25. The predicted molar refractivity (Wildman–Crippen MR) is 99.3 cm³/mol. The van der Waals surface area contributed by atoms with Crippen LogP contribution in [0.1, 0.15) is 27.0 Å². The Hall–Kier alpha value is -3.82. The number of ether oxygens (including phenoxy) is 1. The van der Waals surface area contributed by atoms with Gasteiger partial charge in [-0.3, -0.25) is 25.0 Å². The lowest BCUT2D eigenvalue weighted by atomic mass is 10.1. The van der Waals surface area contributed by atoms with Gasteiger partial charge in [0.2, 0.25) is 0 Å². The normalized spacial score (nSPS) is 10.2. The van der Waals surface area contributed by atoms with Crippen LogP contribution in [0.3, 0.4) is 0 Å². The molecule has 0 radical (unpaired) electrons. The van der Waals surface area contributed by atoms with Gasteiger partial charge in [-0.1, -0.05) is 6.07 Å². The van der Waals surface area contributed by atoms with E-state index in [9.17, 15) is 29.8 Å². The molecular formula is C18H17N3O7. The molecule has 1 N–H and O–H groups in total. The van der Waals surface area contributed by atoms with Crippen molar-refractivity contribution in [1.82, 2.24) is 0 Å². The molecule has 2 rings (SSSR count). The summed E-state index contributed by atoms with van der Waals surface area (Å²) in [6.45, 7) is 4.18. The number of nitrogens with one attached hydrogen (secondary N) is 1. The lowest BCUT2D eigenvalue weighted by Gasteiger charge is -2.11. The zero-order valence-corrected chi connectivity index (χ0v) is 15.3. The van der Waals surface area contributed by atoms with Gasteiger partial charge in [0.1, 0.15) is 5.69 Å². The Bertz CT molecular complexity index is 985. The molecular weight excluding hydrogens is 370 g/mol. The maximum atomic E-state index is 12.1. The number of carbonyl (C=O) groups excluding carboxylic acids is 2. The Labute approximate surface area is 159 Å². The summed E-state index contributed by atoms with van der Waals surface area (Å²) < 4.78 is 4.90. The minimum absolute atomic E-state index is 0.0391. The van der Waals surface area contributed by atoms with E-state index in [0.29, 0.717) is 5.56 Å². The van der Waals surface area contributed by atoms with Crippen molar-refractivity contribution < 1.29 is 24.2 Å². The van der Waals surface area contributed by atoms with Crippen molar-refractivity contribution in [2.75, 3.05) is 11.9 Å². The quantitative estimate of drug-likeness (QED) is 0.455. The van der Waals surface area contributed by atoms with Gasteiger partial charge >= 0.3 is 5.97 Å². The molecule has 0 aliphatic heterocycles. The van der Waals surface area contributed by atoms with Crippen LogP contribution in [-0.2, 0) is 9.53 Å². The van der Waals surface area contributed by atoms with Gasteiger partial charge in [0.15, 0.2) is 6.61 Å². The summed E-state index contributed by atoms with van der Waals surface area (Å²) in [5, 5.41) is 24.3. The number of anilines is 1. The zero-order chi connectivity index (χ0) is 21.0. The summed E-state index contributed by atoms with van der Waals surface area (Å²) in [5.41, 5.74) is 1.23. The standard InChI is InChI=1S/C18H17N3O7/c1-10-4-6-15(21(26)27)17(12(10)3)19-16(22)9-28-18(23)13-5-7-14(20(24)25)11(2)8-13/h4-8H,9H2,1-3H3,(H,19,22). The largest absolute Gasteiger partial charge is 0.452 e. The average Bonchev–Trinajstić information content (AvgIpc) is 2.62. The highest BCUT2D eigenvalue weighted by molar-refractivity contribution is 5.97. The minimum atomic E-state index is -0.844. The van der Waals surface area contributed by atoms with Crippen molar-refractivity contribution >= 4 is 28.9 Å². The number of aryl methyl sites for hydroxylation is 2. The molecule has 0 saturated carbocycles. The molecule has 28 heavy (non-hydrogen) atoms. The number of nitro benzene ring substituents is 2. The lowest BCUT2D eigenvalue weighted by molar-refractivity contribution is -0.385. The second-order valence-electron chi connectivity index (χ2n) is 6.04. The van der Waals surface area contributed by atoms with E-state index in [1.165, 1.54) is 31.2 Å². The van der Waals surface area contributed by atoms with E-state index in [1.807, 2.05) is 0 Å². The van der Waals surface area contributed by atoms with Gasteiger partial charge in [-0.05, 0) is 44.0 Å². The third-order valence-corrected chi connectivity index (χ3v) is 4.14. The SMILES string of the molecule is Cc1cc(C(=O)OCC(=O)Nc2c([N+](=O)[O-])ccc(C)c2C)ccc1[N+](=O)[O-]. The predicted octanol–water partition coefficient (Wildman–Crippen LogP) is 3.22. The van der Waals surface area contributed by atoms with E-state index in [1.54, 1.807) is 19.9 Å². The van der Waals surface area contributed by atoms with Gasteiger partial charge in [-0.25, -0.2) is 4.79 Å². The zero-order valence-electron chi connectivity index (χ0n) is 15.3. The smallest absolute Gasteiger partial charge is 0.338 e. The van der Waals surface area contributed by atoms with Crippen molar-refractivity contribution in [3.8, 4) is 0 Å². The van der Waals surface area contributed by atoms with E-state index >= 15 is 0 Å². The summed E-state index contributed by atoms with van der Waals surface area (Å²) in [5.74, 6) is -1.59. The van der Waals surface area contributed by atoms with E-state index in [4.69, 9.17) is 4.74 Å². The van der Waals surface area contributed by atoms with Crippen molar-refractivity contribution in [2.24, 2.45) is 0 Å². The first-order valence-corrected chi connectivity index (χ1v) is 8.08. The molecule has 0 atom stereocenters. The van der Waals surface area contributed by atoms with Gasteiger partial charge in [0.05, 0.1) is 15.4 Å². The van der Waals surface area contributed by atoms with Crippen LogP contribution in [0, 0.1) is 41.0 Å². The van der Waals surface area contributed by atoms with E-state index < -0.39 is 28.3 Å². The van der Waals surface area contributed by atoms with Crippen LogP contribution in [0.15, 0.2) is 30.3 Å². The van der Waals surface area contributed by atoms with Crippen molar-refractivity contribution in [3.63, 3.8) is 0 Å². The fourth-order valence-corrected chi connectivity index (χ4v) is 2.49. The van der Waals surface area contributed by atoms with Gasteiger partial charge in [0.25, 0.3) is 17.3 Å². The van der Waals surface area contributed by atoms with Crippen LogP contribution in [0.4, 0.5) is 17.1 Å². The van der Waals surface area contributed by atoms with Gasteiger partial charge in [0, 0.05) is 17.7 Å². The number of nitrogens with zero attached hydrogens (tertiary/aromatic N) is 2. The topological polar surface area (TPSA) is 142 Å². The number of esters is 1. The molecule has 10 nitrogen and oxygen atoms in total. The van der Waals surface area contributed by atoms with Crippen LogP contribution in [0.5, 0.6) is 0 Å². The molecule has 2 aromatic carbocycles. The van der Waals surface area contributed by atoms with Crippen molar-refractivity contribution in [3.05, 3.63) is 72.8 Å². The highest BCUT2D eigenvalue weighted by Crippen LogP contribution is 2.30. The number of hydrogen-bond donors (Lipinski definition) is 1. The van der Waals surface area contributed by atoms with E-state index in [2.05, 4.69) is 5.32 Å². The highest BCUT2D eigenvalue weighted by atomic mass is 16.6.